The summed E-state index contributed by atoms with van der Waals surface area (Å²) in [5.41, 5.74) is 0. The molecular weight excluding hydrogens is 200 g/mol. The van der Waals surface area contributed by atoms with Gasteiger partial charge in [-0.25, -0.2) is 0 Å². The van der Waals surface area contributed by atoms with Crippen molar-refractivity contribution in [3.63, 3.8) is 0 Å². The van der Waals surface area contributed by atoms with E-state index in [1.165, 1.54) is 6.42 Å². The van der Waals surface area contributed by atoms with E-state index >= 15 is 0 Å². The Morgan fingerprint density at radius 3 is 2.31 bits per heavy atom. The monoisotopic (exact) mass is 230 g/mol. The molecule has 0 aliphatic heterocycles. The van der Waals surface area contributed by atoms with E-state index < -0.39 is 0 Å². The number of hydrogen-bond acceptors (Lipinski definition) is 3. The molecule has 0 aromatic carbocycles. The molecule has 0 heterocycles. The van der Waals surface area contributed by atoms with Gasteiger partial charge in [0.1, 0.15) is 0 Å². The van der Waals surface area contributed by atoms with Gasteiger partial charge in [0.2, 0.25) is 0 Å². The summed E-state index contributed by atoms with van der Waals surface area (Å²) in [6.07, 6.45) is 1.17. The Hall–Kier alpha value is -0.120. The molecule has 0 spiro atoms. The van der Waals surface area contributed by atoms with Crippen LogP contribution in [0.3, 0.4) is 0 Å². The Morgan fingerprint density at radius 2 is 1.75 bits per heavy atom. The van der Waals surface area contributed by atoms with E-state index in [0.717, 1.165) is 51.9 Å². The van der Waals surface area contributed by atoms with Gasteiger partial charge in [-0.1, -0.05) is 27.7 Å². The lowest BCUT2D eigenvalue weighted by atomic mass is 10.1. The van der Waals surface area contributed by atoms with Crippen LogP contribution >= 0.6 is 0 Å². The van der Waals surface area contributed by atoms with E-state index in [9.17, 15) is 0 Å². The second kappa shape index (κ2) is 11.4. The minimum atomic E-state index is 0.746. The van der Waals surface area contributed by atoms with Crippen molar-refractivity contribution < 1.29 is 4.74 Å². The number of rotatable bonds is 11. The number of hydrogen-bond donors (Lipinski definition) is 1. The Bertz CT molecular complexity index is 136. The molecule has 3 nitrogen and oxygen atoms in total. The minimum Gasteiger partial charge on any atom is -0.380 e. The van der Waals surface area contributed by atoms with Crippen molar-refractivity contribution in [2.75, 3.05) is 45.9 Å². The normalized spacial score (nSPS) is 11.6. The highest BCUT2D eigenvalue weighted by molar-refractivity contribution is 4.55. The van der Waals surface area contributed by atoms with Crippen molar-refractivity contribution in [3.8, 4) is 0 Å². The molecule has 0 amide bonds. The molecule has 0 aromatic heterocycles. The van der Waals surface area contributed by atoms with Crippen molar-refractivity contribution in [3.05, 3.63) is 0 Å². The standard InChI is InChI=1S/C13H30N2O/c1-5-15(6-2)10-8-14-9-12-16-11-7-13(3)4/h13-14H,5-12H2,1-4H3. The van der Waals surface area contributed by atoms with Gasteiger partial charge in [-0.2, -0.15) is 0 Å². The van der Waals surface area contributed by atoms with Crippen LogP contribution in [0.5, 0.6) is 0 Å². The predicted molar refractivity (Wildman–Crippen MR) is 70.9 cm³/mol. The molecule has 0 fully saturated rings. The maximum absolute atomic E-state index is 5.53. The van der Waals surface area contributed by atoms with Gasteiger partial charge in [0.05, 0.1) is 6.61 Å². The first-order chi connectivity index (χ1) is 7.70. The molecule has 98 valence electrons. The number of nitrogens with one attached hydrogen (secondary N) is 1. The van der Waals surface area contributed by atoms with Crippen LogP contribution in [0.4, 0.5) is 0 Å². The van der Waals surface area contributed by atoms with E-state index in [-0.39, 0.29) is 0 Å². The Morgan fingerprint density at radius 1 is 1.06 bits per heavy atom. The summed E-state index contributed by atoms with van der Waals surface area (Å²) >= 11 is 0. The third kappa shape index (κ3) is 10.4. The largest absolute Gasteiger partial charge is 0.380 e. The van der Waals surface area contributed by atoms with E-state index in [1.54, 1.807) is 0 Å². The second-order valence-electron chi connectivity index (χ2n) is 4.57. The SMILES string of the molecule is CCN(CC)CCNCCOCCC(C)C. The molecule has 0 aliphatic rings. The Labute approximate surface area is 102 Å². The van der Waals surface area contributed by atoms with Crippen LogP contribution < -0.4 is 5.32 Å². The summed E-state index contributed by atoms with van der Waals surface area (Å²) in [4.78, 5) is 2.42. The van der Waals surface area contributed by atoms with Gasteiger partial charge in [0.15, 0.2) is 0 Å². The van der Waals surface area contributed by atoms with Crippen LogP contribution in [-0.2, 0) is 4.74 Å². The Kier molecular flexibility index (Phi) is 11.3. The van der Waals surface area contributed by atoms with Gasteiger partial charge in [-0.15, -0.1) is 0 Å². The van der Waals surface area contributed by atoms with Gasteiger partial charge in [0.25, 0.3) is 0 Å². The summed E-state index contributed by atoms with van der Waals surface area (Å²) < 4.78 is 5.53. The molecule has 0 radical (unpaired) electrons. The van der Waals surface area contributed by atoms with E-state index in [2.05, 4.69) is 37.9 Å². The van der Waals surface area contributed by atoms with Crippen LogP contribution in [0.15, 0.2) is 0 Å². The van der Waals surface area contributed by atoms with Gasteiger partial charge in [0, 0.05) is 26.2 Å². The zero-order chi connectivity index (χ0) is 12.2. The molecule has 3 heteroatoms. The molecular formula is C13H30N2O. The molecule has 0 rings (SSSR count). The molecule has 0 saturated heterocycles. The van der Waals surface area contributed by atoms with Crippen LogP contribution in [0.1, 0.15) is 34.1 Å². The lowest BCUT2D eigenvalue weighted by Crippen LogP contribution is -2.33. The van der Waals surface area contributed by atoms with Crippen molar-refractivity contribution >= 4 is 0 Å². The summed E-state index contributed by atoms with van der Waals surface area (Å²) in [5.74, 6) is 0.746. The fourth-order valence-electron chi connectivity index (χ4n) is 1.47. The predicted octanol–water partition coefficient (Wildman–Crippen LogP) is 1.98. The van der Waals surface area contributed by atoms with Crippen molar-refractivity contribution in [1.29, 1.82) is 0 Å². The molecule has 16 heavy (non-hydrogen) atoms. The van der Waals surface area contributed by atoms with E-state index in [1.807, 2.05) is 0 Å². The smallest absolute Gasteiger partial charge is 0.0590 e. The van der Waals surface area contributed by atoms with Crippen molar-refractivity contribution in [1.82, 2.24) is 10.2 Å². The van der Waals surface area contributed by atoms with Crippen LogP contribution in [0, 0.1) is 5.92 Å². The van der Waals surface area contributed by atoms with Crippen LogP contribution in [0.25, 0.3) is 0 Å². The maximum Gasteiger partial charge on any atom is 0.0590 e. The molecule has 0 aliphatic carbocycles. The Balaban J connectivity index is 3.09. The molecule has 0 atom stereocenters. The highest BCUT2D eigenvalue weighted by Crippen LogP contribution is 1.98. The van der Waals surface area contributed by atoms with Crippen LogP contribution in [-0.4, -0.2) is 50.8 Å². The van der Waals surface area contributed by atoms with Crippen LogP contribution in [0.2, 0.25) is 0 Å². The number of ether oxygens (including phenoxy) is 1. The second-order valence-corrected chi connectivity index (χ2v) is 4.57. The first-order valence-corrected chi connectivity index (χ1v) is 6.71. The average Bonchev–Trinajstić information content (AvgIpc) is 2.27. The fourth-order valence-corrected chi connectivity index (χ4v) is 1.47. The first-order valence-electron chi connectivity index (χ1n) is 6.71. The van der Waals surface area contributed by atoms with E-state index in [4.69, 9.17) is 4.74 Å². The molecule has 0 unspecified atom stereocenters. The molecule has 0 saturated carbocycles. The van der Waals surface area contributed by atoms with Gasteiger partial charge in [-0.05, 0) is 25.4 Å². The third-order valence-corrected chi connectivity index (χ3v) is 2.76. The maximum atomic E-state index is 5.53. The van der Waals surface area contributed by atoms with E-state index in [0.29, 0.717) is 0 Å². The van der Waals surface area contributed by atoms with Gasteiger partial charge >= 0.3 is 0 Å². The third-order valence-electron chi connectivity index (χ3n) is 2.76. The zero-order valence-corrected chi connectivity index (χ0v) is 11.6. The number of likely N-dealkylation sites (N-methyl/N-ethyl adjacent to an activating group) is 1. The molecule has 0 bridgehead atoms. The van der Waals surface area contributed by atoms with Gasteiger partial charge in [-0.3, -0.25) is 0 Å². The quantitative estimate of drug-likeness (QED) is 0.549. The summed E-state index contributed by atoms with van der Waals surface area (Å²) in [5, 5.41) is 3.41. The summed E-state index contributed by atoms with van der Waals surface area (Å²) in [6.45, 7) is 16.1. The van der Waals surface area contributed by atoms with Gasteiger partial charge < -0.3 is 15.0 Å². The fraction of sp³-hybridized carbons (Fsp3) is 1.00. The highest BCUT2D eigenvalue weighted by Gasteiger charge is 1.97. The molecule has 0 aromatic rings. The summed E-state index contributed by atoms with van der Waals surface area (Å²) in [7, 11) is 0. The lowest BCUT2D eigenvalue weighted by molar-refractivity contribution is 0.125. The van der Waals surface area contributed by atoms with Crippen molar-refractivity contribution in [2.24, 2.45) is 5.92 Å². The molecule has 1 N–H and O–H groups in total. The summed E-state index contributed by atoms with van der Waals surface area (Å²) in [6, 6.07) is 0. The topological polar surface area (TPSA) is 24.5 Å². The minimum absolute atomic E-state index is 0.746. The van der Waals surface area contributed by atoms with Crippen molar-refractivity contribution in [2.45, 2.75) is 34.1 Å². The first kappa shape index (κ1) is 15.9. The number of nitrogens with zero attached hydrogens (tertiary/aromatic N) is 1. The zero-order valence-electron chi connectivity index (χ0n) is 11.6. The average molecular weight is 230 g/mol. The lowest BCUT2D eigenvalue weighted by Gasteiger charge is -2.17. The highest BCUT2D eigenvalue weighted by atomic mass is 16.5.